The summed E-state index contributed by atoms with van der Waals surface area (Å²) < 4.78 is 22.5. The molecule has 180 valence electrons. The molecule has 1 aromatic carbocycles. The van der Waals surface area contributed by atoms with Crippen LogP contribution in [0, 0.1) is 11.3 Å². The summed E-state index contributed by atoms with van der Waals surface area (Å²) in [4.78, 5) is 18.6. The Morgan fingerprint density at radius 3 is 2.58 bits per heavy atom. The molecule has 0 saturated carbocycles. The molecule has 2 aliphatic heterocycles. The Morgan fingerprint density at radius 1 is 1.24 bits per heavy atom. The molecule has 1 aromatic rings. The molecule has 2 atom stereocenters. The van der Waals surface area contributed by atoms with Crippen molar-refractivity contribution in [2.75, 3.05) is 58.4 Å². The van der Waals surface area contributed by atoms with E-state index in [1.54, 1.807) is 0 Å². The second-order valence-corrected chi connectivity index (χ2v) is 8.96. The van der Waals surface area contributed by atoms with Crippen molar-refractivity contribution in [1.29, 1.82) is 5.26 Å². The molecule has 0 spiro atoms. The molecule has 2 unspecified atom stereocenters. The molecule has 0 amide bonds. The molecule has 0 bridgehead atoms. The van der Waals surface area contributed by atoms with Crippen LogP contribution in [0.2, 0.25) is 0 Å². The first-order valence-corrected chi connectivity index (χ1v) is 12.6. The zero-order valence-electron chi connectivity index (χ0n) is 19.7. The highest BCUT2D eigenvalue weighted by Crippen LogP contribution is 2.35. The van der Waals surface area contributed by atoms with E-state index in [1.807, 2.05) is 26.0 Å². The zero-order chi connectivity index (χ0) is 23.6. The monoisotopic (exact) mass is 475 g/mol. The first-order chi connectivity index (χ1) is 16.0. The van der Waals surface area contributed by atoms with Gasteiger partial charge in [-0.2, -0.15) is 5.26 Å². The summed E-state index contributed by atoms with van der Waals surface area (Å²) in [5, 5.41) is 9.52. The smallest absolute Gasteiger partial charge is 0.302 e. The van der Waals surface area contributed by atoms with Crippen molar-refractivity contribution < 1.29 is 23.7 Å². The summed E-state index contributed by atoms with van der Waals surface area (Å²) in [5.74, 6) is 1.59. The second kappa shape index (κ2) is 12.8. The Labute approximate surface area is 200 Å². The van der Waals surface area contributed by atoms with Gasteiger partial charge in [-0.15, -0.1) is 11.8 Å². The average molecular weight is 476 g/mol. The van der Waals surface area contributed by atoms with Crippen molar-refractivity contribution in [3.63, 3.8) is 0 Å². The fraction of sp³-hybridized carbons (Fsp3) is 0.625. The fourth-order valence-electron chi connectivity index (χ4n) is 4.00. The van der Waals surface area contributed by atoms with Gasteiger partial charge < -0.3 is 18.9 Å². The summed E-state index contributed by atoms with van der Waals surface area (Å²) in [6.45, 7) is 10.6. The van der Waals surface area contributed by atoms with Crippen LogP contribution >= 0.6 is 11.8 Å². The maximum absolute atomic E-state index is 11.7. The highest BCUT2D eigenvalue weighted by atomic mass is 32.2. The number of benzene rings is 1. The third-order valence-corrected chi connectivity index (χ3v) is 6.65. The second-order valence-electron chi connectivity index (χ2n) is 7.83. The molecule has 0 radical (unpaired) electrons. The van der Waals surface area contributed by atoms with Crippen LogP contribution in [0.5, 0.6) is 11.5 Å². The molecule has 0 aliphatic carbocycles. The van der Waals surface area contributed by atoms with Crippen LogP contribution in [-0.4, -0.2) is 86.3 Å². The zero-order valence-corrected chi connectivity index (χ0v) is 20.5. The topological polar surface area (TPSA) is 93.4 Å². The lowest BCUT2D eigenvalue weighted by Crippen LogP contribution is -2.43. The van der Waals surface area contributed by atoms with E-state index in [0.29, 0.717) is 51.0 Å². The van der Waals surface area contributed by atoms with Gasteiger partial charge >= 0.3 is 5.97 Å². The number of hydrogen-bond acceptors (Lipinski definition) is 9. The molecule has 2 heterocycles. The van der Waals surface area contributed by atoms with E-state index < -0.39 is 5.25 Å². The van der Waals surface area contributed by atoms with Crippen molar-refractivity contribution >= 4 is 23.4 Å². The number of carbonyl (C=O) groups is 1. The van der Waals surface area contributed by atoms with E-state index in [0.717, 1.165) is 42.1 Å². The minimum Gasteiger partial charge on any atom is -0.490 e. The number of carbonyl (C=O) groups excluding carboxylic acids is 1. The Bertz CT molecular complexity index is 880. The first-order valence-electron chi connectivity index (χ1n) is 11.5. The Hall–Kier alpha value is -2.28. The van der Waals surface area contributed by atoms with Gasteiger partial charge in [-0.3, -0.25) is 14.7 Å². The predicted octanol–water partition coefficient (Wildman–Crippen LogP) is 2.72. The van der Waals surface area contributed by atoms with E-state index in [4.69, 9.17) is 23.9 Å². The number of esters is 1. The molecular weight excluding hydrogens is 442 g/mol. The number of nitriles is 1. The number of ether oxygens (including phenoxy) is 4. The van der Waals surface area contributed by atoms with Crippen LogP contribution in [0.1, 0.15) is 31.9 Å². The van der Waals surface area contributed by atoms with Crippen molar-refractivity contribution in [2.24, 2.45) is 4.99 Å². The highest BCUT2D eigenvalue weighted by Gasteiger charge is 2.28. The molecule has 1 fully saturated rings. The number of thioether (sulfide) groups is 1. The minimum atomic E-state index is -0.473. The normalized spacial score (nSPS) is 17.8. The fourth-order valence-corrected chi connectivity index (χ4v) is 5.02. The van der Waals surface area contributed by atoms with Crippen LogP contribution < -0.4 is 9.47 Å². The third kappa shape index (κ3) is 7.10. The first kappa shape index (κ1) is 25.3. The van der Waals surface area contributed by atoms with Gasteiger partial charge in [0, 0.05) is 44.4 Å². The minimum absolute atomic E-state index is 0.301. The lowest BCUT2D eigenvalue weighted by Gasteiger charge is -2.30. The molecule has 33 heavy (non-hydrogen) atoms. The molecule has 9 heteroatoms. The van der Waals surface area contributed by atoms with Gasteiger partial charge in [-0.25, -0.2) is 0 Å². The van der Waals surface area contributed by atoms with Crippen LogP contribution in [0.3, 0.4) is 0 Å². The number of fused-ring (bicyclic) bond motifs is 1. The summed E-state index contributed by atoms with van der Waals surface area (Å²) in [6.07, 6.45) is 0.491. The summed E-state index contributed by atoms with van der Waals surface area (Å²) in [6, 6.07) is 6.36. The maximum Gasteiger partial charge on any atom is 0.302 e. The summed E-state index contributed by atoms with van der Waals surface area (Å²) in [7, 11) is 0. The Kier molecular flexibility index (Phi) is 9.85. The Balaban J connectivity index is 1.75. The van der Waals surface area contributed by atoms with Gasteiger partial charge in [0.2, 0.25) is 0 Å². The van der Waals surface area contributed by atoms with Gasteiger partial charge in [0.25, 0.3) is 0 Å². The van der Waals surface area contributed by atoms with Gasteiger partial charge in [0.15, 0.2) is 11.5 Å². The molecule has 3 rings (SSSR count). The number of morpholine rings is 1. The summed E-state index contributed by atoms with van der Waals surface area (Å²) in [5.41, 5.74) is 2.79. The van der Waals surface area contributed by atoms with Crippen molar-refractivity contribution in [2.45, 2.75) is 38.5 Å². The van der Waals surface area contributed by atoms with Crippen molar-refractivity contribution in [3.05, 3.63) is 23.3 Å². The van der Waals surface area contributed by atoms with Gasteiger partial charge in [0.05, 0.1) is 38.2 Å². The average Bonchev–Trinajstić information content (AvgIpc) is 2.80. The van der Waals surface area contributed by atoms with Gasteiger partial charge in [0.1, 0.15) is 11.4 Å². The molecule has 0 aromatic heterocycles. The summed E-state index contributed by atoms with van der Waals surface area (Å²) >= 11 is 1.46. The predicted molar refractivity (Wildman–Crippen MR) is 129 cm³/mol. The van der Waals surface area contributed by atoms with E-state index in [-0.39, 0.29) is 12.1 Å². The number of aliphatic imine (C=N–C) groups is 1. The maximum atomic E-state index is 11.7. The number of nitrogens with zero attached hydrogens (tertiary/aromatic N) is 3. The number of hydrogen-bond donors (Lipinski definition) is 0. The molecular formula is C24H33N3O5S. The third-order valence-electron chi connectivity index (χ3n) is 5.42. The Morgan fingerprint density at radius 2 is 1.94 bits per heavy atom. The largest absolute Gasteiger partial charge is 0.490 e. The van der Waals surface area contributed by atoms with E-state index in [1.165, 1.54) is 18.7 Å². The quantitative estimate of drug-likeness (QED) is 0.451. The van der Waals surface area contributed by atoms with Crippen LogP contribution in [0.15, 0.2) is 17.1 Å². The standard InChI is InChI=1S/C24H33N3O5S/c1-4-30-21-12-18-6-7-26-24(20(18)13-22(21)31-5-2)23(14-25)33-16-19(32-17(3)28)15-27-8-10-29-11-9-27/h12-13,19,23H,4-11,15-16H2,1-3H3. The van der Waals surface area contributed by atoms with E-state index >= 15 is 0 Å². The molecule has 1 saturated heterocycles. The molecule has 0 N–H and O–H groups in total. The van der Waals surface area contributed by atoms with Crippen molar-refractivity contribution in [1.82, 2.24) is 4.90 Å². The van der Waals surface area contributed by atoms with Gasteiger partial charge in [-0.1, -0.05) is 0 Å². The lowest BCUT2D eigenvalue weighted by atomic mass is 9.95. The van der Waals surface area contributed by atoms with E-state index in [9.17, 15) is 10.1 Å². The molecule has 2 aliphatic rings. The van der Waals surface area contributed by atoms with Crippen LogP contribution in [0.4, 0.5) is 0 Å². The highest BCUT2D eigenvalue weighted by molar-refractivity contribution is 8.00. The lowest BCUT2D eigenvalue weighted by molar-refractivity contribution is -0.146. The van der Waals surface area contributed by atoms with Crippen molar-refractivity contribution in [3.8, 4) is 17.6 Å². The van der Waals surface area contributed by atoms with Crippen LogP contribution in [-0.2, 0) is 20.7 Å². The van der Waals surface area contributed by atoms with Crippen LogP contribution in [0.25, 0.3) is 0 Å². The molecule has 8 nitrogen and oxygen atoms in total. The van der Waals surface area contributed by atoms with E-state index in [2.05, 4.69) is 11.0 Å². The SMILES string of the molecule is CCOc1cc2c(cc1OCC)C(C(C#N)SCC(CN1CCOCC1)OC(C)=O)=NCC2. The number of rotatable bonds is 11. The van der Waals surface area contributed by atoms with Gasteiger partial charge in [-0.05, 0) is 38.0 Å².